The van der Waals surface area contributed by atoms with Crippen LogP contribution in [0.15, 0.2) is 0 Å². The minimum absolute atomic E-state index is 0.120. The standard InChI is InChI=1S/C13H25N3O4S/c1-2-20-13(17)10-5-4-8-16(9-10)21(18,19)15-12-7-3-6-11(12)14/h10-12,15H,2-9,14H2,1H3. The van der Waals surface area contributed by atoms with Crippen LogP contribution in [-0.4, -0.2) is 50.5 Å². The molecule has 0 amide bonds. The molecular weight excluding hydrogens is 294 g/mol. The van der Waals surface area contributed by atoms with Gasteiger partial charge in [0.25, 0.3) is 10.2 Å². The van der Waals surface area contributed by atoms with Gasteiger partial charge in [-0.2, -0.15) is 17.4 Å². The third-order valence-electron chi connectivity index (χ3n) is 4.21. The molecule has 2 aliphatic rings. The van der Waals surface area contributed by atoms with Gasteiger partial charge >= 0.3 is 5.97 Å². The number of hydrogen-bond donors (Lipinski definition) is 2. The lowest BCUT2D eigenvalue weighted by Crippen LogP contribution is -2.52. The number of nitrogens with zero attached hydrogens (tertiary/aromatic N) is 1. The number of ether oxygens (including phenoxy) is 1. The normalized spacial score (nSPS) is 31.2. The number of piperidine rings is 1. The van der Waals surface area contributed by atoms with Crippen LogP contribution in [0, 0.1) is 5.92 Å². The third-order valence-corrected chi connectivity index (χ3v) is 5.83. The fourth-order valence-corrected chi connectivity index (χ4v) is 4.58. The van der Waals surface area contributed by atoms with E-state index in [4.69, 9.17) is 10.5 Å². The largest absolute Gasteiger partial charge is 0.466 e. The van der Waals surface area contributed by atoms with E-state index in [0.29, 0.717) is 26.0 Å². The Labute approximate surface area is 126 Å². The number of carbonyl (C=O) groups excluding carboxylic acids is 1. The summed E-state index contributed by atoms with van der Waals surface area (Å²) in [6.07, 6.45) is 3.91. The van der Waals surface area contributed by atoms with Gasteiger partial charge in [-0.3, -0.25) is 4.79 Å². The molecule has 2 fully saturated rings. The van der Waals surface area contributed by atoms with Gasteiger partial charge in [0.1, 0.15) is 0 Å². The van der Waals surface area contributed by atoms with E-state index in [1.807, 2.05) is 0 Å². The molecule has 1 saturated heterocycles. The fraction of sp³-hybridized carbons (Fsp3) is 0.923. The zero-order valence-electron chi connectivity index (χ0n) is 12.5. The lowest BCUT2D eigenvalue weighted by atomic mass is 10.0. The first-order valence-corrected chi connectivity index (χ1v) is 9.07. The van der Waals surface area contributed by atoms with Crippen molar-refractivity contribution < 1.29 is 17.9 Å². The molecule has 3 N–H and O–H groups in total. The predicted octanol–water partition coefficient (Wildman–Crippen LogP) is -0.0243. The highest BCUT2D eigenvalue weighted by Gasteiger charge is 2.36. The smallest absolute Gasteiger partial charge is 0.310 e. The molecule has 3 atom stereocenters. The van der Waals surface area contributed by atoms with Crippen LogP contribution < -0.4 is 10.5 Å². The van der Waals surface area contributed by atoms with Crippen LogP contribution in [0.2, 0.25) is 0 Å². The van der Waals surface area contributed by atoms with Crippen molar-refractivity contribution in [3.05, 3.63) is 0 Å². The van der Waals surface area contributed by atoms with Crippen molar-refractivity contribution in [2.24, 2.45) is 11.7 Å². The molecule has 0 aromatic rings. The van der Waals surface area contributed by atoms with Crippen LogP contribution in [0.1, 0.15) is 39.0 Å². The fourth-order valence-electron chi connectivity index (χ4n) is 3.01. The van der Waals surface area contributed by atoms with Gasteiger partial charge in [0.2, 0.25) is 0 Å². The average Bonchev–Trinajstić information content (AvgIpc) is 2.84. The molecule has 3 unspecified atom stereocenters. The van der Waals surface area contributed by atoms with Crippen molar-refractivity contribution in [1.82, 2.24) is 9.03 Å². The summed E-state index contributed by atoms with van der Waals surface area (Å²) in [5.74, 6) is -0.678. The molecule has 1 heterocycles. The van der Waals surface area contributed by atoms with E-state index in [1.54, 1.807) is 6.92 Å². The summed E-state index contributed by atoms with van der Waals surface area (Å²) in [4.78, 5) is 11.8. The van der Waals surface area contributed by atoms with E-state index in [-0.39, 0.29) is 30.5 Å². The molecule has 0 aromatic carbocycles. The molecule has 0 aromatic heterocycles. The van der Waals surface area contributed by atoms with E-state index < -0.39 is 10.2 Å². The van der Waals surface area contributed by atoms with Crippen LogP contribution in [0.4, 0.5) is 0 Å². The van der Waals surface area contributed by atoms with Crippen LogP contribution in [0.25, 0.3) is 0 Å². The summed E-state index contributed by atoms with van der Waals surface area (Å²) in [5.41, 5.74) is 5.91. The van der Waals surface area contributed by atoms with Crippen molar-refractivity contribution in [3.63, 3.8) is 0 Å². The molecule has 0 spiro atoms. The average molecular weight is 319 g/mol. The topological polar surface area (TPSA) is 102 Å². The molecule has 1 aliphatic carbocycles. The van der Waals surface area contributed by atoms with Gasteiger partial charge in [-0.15, -0.1) is 0 Å². The first kappa shape index (κ1) is 16.7. The van der Waals surface area contributed by atoms with Crippen molar-refractivity contribution in [2.75, 3.05) is 19.7 Å². The quantitative estimate of drug-likeness (QED) is 0.693. The van der Waals surface area contributed by atoms with Crippen LogP contribution >= 0.6 is 0 Å². The summed E-state index contributed by atoms with van der Waals surface area (Å²) in [7, 11) is -3.59. The lowest BCUT2D eigenvalue weighted by Gasteiger charge is -2.32. The first-order valence-electron chi connectivity index (χ1n) is 7.63. The highest BCUT2D eigenvalue weighted by Crippen LogP contribution is 2.22. The van der Waals surface area contributed by atoms with Crippen molar-refractivity contribution in [1.29, 1.82) is 0 Å². The van der Waals surface area contributed by atoms with Crippen molar-refractivity contribution >= 4 is 16.2 Å². The van der Waals surface area contributed by atoms with Crippen molar-refractivity contribution in [3.8, 4) is 0 Å². The molecule has 21 heavy (non-hydrogen) atoms. The molecular formula is C13H25N3O4S. The van der Waals surface area contributed by atoms with Gasteiger partial charge in [0, 0.05) is 25.2 Å². The highest BCUT2D eigenvalue weighted by molar-refractivity contribution is 7.87. The second-order valence-electron chi connectivity index (χ2n) is 5.77. The number of esters is 1. The number of hydrogen-bond acceptors (Lipinski definition) is 5. The minimum Gasteiger partial charge on any atom is -0.466 e. The molecule has 1 saturated carbocycles. The summed E-state index contributed by atoms with van der Waals surface area (Å²) in [5, 5.41) is 0. The molecule has 0 radical (unpaired) electrons. The van der Waals surface area contributed by atoms with Crippen molar-refractivity contribution in [2.45, 2.75) is 51.1 Å². The monoisotopic (exact) mass is 319 g/mol. The molecule has 0 bridgehead atoms. The van der Waals surface area contributed by atoms with Gasteiger partial charge in [0.05, 0.1) is 12.5 Å². The molecule has 2 rings (SSSR count). The van der Waals surface area contributed by atoms with E-state index in [2.05, 4.69) is 4.72 Å². The van der Waals surface area contributed by atoms with Crippen LogP contribution in [0.5, 0.6) is 0 Å². The second kappa shape index (κ2) is 7.04. The maximum Gasteiger partial charge on any atom is 0.310 e. The summed E-state index contributed by atoms with van der Waals surface area (Å²) in [6, 6.07) is -0.316. The zero-order chi connectivity index (χ0) is 15.5. The number of nitrogens with two attached hydrogens (primary N) is 1. The van der Waals surface area contributed by atoms with Gasteiger partial charge < -0.3 is 10.5 Å². The number of rotatable bonds is 5. The Morgan fingerprint density at radius 3 is 2.71 bits per heavy atom. The summed E-state index contributed by atoms with van der Waals surface area (Å²) < 4.78 is 33.9. The molecule has 1 aliphatic heterocycles. The zero-order valence-corrected chi connectivity index (χ0v) is 13.3. The predicted molar refractivity (Wildman–Crippen MR) is 78.6 cm³/mol. The van der Waals surface area contributed by atoms with Gasteiger partial charge in [-0.25, -0.2) is 0 Å². The SMILES string of the molecule is CCOC(=O)C1CCCN(S(=O)(=O)NC2CCCC2N)C1. The van der Waals surface area contributed by atoms with E-state index in [9.17, 15) is 13.2 Å². The van der Waals surface area contributed by atoms with Crippen LogP contribution in [0.3, 0.4) is 0 Å². The molecule has 122 valence electrons. The van der Waals surface area contributed by atoms with Gasteiger partial charge in [-0.05, 0) is 32.6 Å². The van der Waals surface area contributed by atoms with E-state index >= 15 is 0 Å². The second-order valence-corrected chi connectivity index (χ2v) is 7.48. The Bertz CT molecular complexity index is 468. The molecule has 8 heteroatoms. The first-order chi connectivity index (χ1) is 9.94. The summed E-state index contributed by atoms with van der Waals surface area (Å²) >= 11 is 0. The van der Waals surface area contributed by atoms with Gasteiger partial charge in [0.15, 0.2) is 0 Å². The lowest BCUT2D eigenvalue weighted by molar-refractivity contribution is -0.149. The third kappa shape index (κ3) is 4.15. The maximum absolute atomic E-state index is 12.4. The Balaban J connectivity index is 1.97. The number of carbonyl (C=O) groups is 1. The van der Waals surface area contributed by atoms with E-state index in [1.165, 1.54) is 4.31 Å². The Kier molecular flexibility index (Phi) is 5.59. The van der Waals surface area contributed by atoms with Crippen LogP contribution in [-0.2, 0) is 19.7 Å². The Morgan fingerprint density at radius 1 is 1.33 bits per heavy atom. The number of nitrogens with one attached hydrogen (secondary N) is 1. The van der Waals surface area contributed by atoms with Gasteiger partial charge in [-0.1, -0.05) is 6.42 Å². The van der Waals surface area contributed by atoms with E-state index in [0.717, 1.165) is 19.3 Å². The molecule has 7 nitrogen and oxygen atoms in total. The Hall–Kier alpha value is -0.700. The maximum atomic E-state index is 12.4. The highest BCUT2D eigenvalue weighted by atomic mass is 32.2. The minimum atomic E-state index is -3.59. The Morgan fingerprint density at radius 2 is 2.10 bits per heavy atom. The summed E-state index contributed by atoms with van der Waals surface area (Å²) in [6.45, 7) is 2.69.